The number of anilines is 2. The Morgan fingerprint density at radius 3 is 2.03 bits per heavy atom. The second-order valence-electron chi connectivity index (χ2n) is 8.05. The number of rotatable bonds is 5. The number of alkyl halides is 5. The molecule has 1 aliphatic carbocycles. The van der Waals surface area contributed by atoms with Crippen molar-refractivity contribution in [3.05, 3.63) is 92.4 Å². The van der Waals surface area contributed by atoms with Gasteiger partial charge in [-0.2, -0.15) is 13.2 Å². The summed E-state index contributed by atoms with van der Waals surface area (Å²) in [6, 6.07) is 12.8. The zero-order valence-corrected chi connectivity index (χ0v) is 21.5. The van der Waals surface area contributed by atoms with Crippen LogP contribution in [0.5, 0.6) is 0 Å². The molecule has 0 aromatic heterocycles. The fourth-order valence-electron chi connectivity index (χ4n) is 3.75. The molecule has 3 aromatic carbocycles. The number of hydrogen-bond donors (Lipinski definition) is 2. The van der Waals surface area contributed by atoms with Crippen molar-refractivity contribution in [2.24, 2.45) is 5.92 Å². The third-order valence-electron chi connectivity index (χ3n) is 5.54. The Morgan fingerprint density at radius 2 is 1.44 bits per heavy atom. The van der Waals surface area contributed by atoms with Crippen LogP contribution in [0, 0.1) is 5.92 Å². The molecule has 4 rings (SSSR count). The molecule has 2 atom stereocenters. The molecule has 12 heteroatoms. The maximum atomic E-state index is 12.9. The Bertz CT molecular complexity index is 1330. The summed E-state index contributed by atoms with van der Waals surface area (Å²) in [6.45, 7) is 0. The van der Waals surface area contributed by atoms with Crippen LogP contribution in [0.15, 0.2) is 60.7 Å². The quantitative estimate of drug-likeness (QED) is 0.291. The van der Waals surface area contributed by atoms with Gasteiger partial charge in [0.25, 0.3) is 5.91 Å². The monoisotopic (exact) mass is 594 g/mol. The summed E-state index contributed by atoms with van der Waals surface area (Å²) < 4.78 is 36.9. The van der Waals surface area contributed by atoms with E-state index in [9.17, 15) is 22.8 Å². The molecule has 0 heterocycles. The van der Waals surface area contributed by atoms with Crippen molar-refractivity contribution in [3.63, 3.8) is 0 Å². The van der Waals surface area contributed by atoms with Crippen LogP contribution in [-0.4, -0.2) is 16.1 Å². The molecular formula is C24H14Cl5F3N2O2. The molecular weight excluding hydrogens is 583 g/mol. The van der Waals surface area contributed by atoms with Crippen molar-refractivity contribution in [2.45, 2.75) is 16.4 Å². The van der Waals surface area contributed by atoms with Crippen LogP contribution >= 0.6 is 58.0 Å². The first-order valence-electron chi connectivity index (χ1n) is 10.2. The highest BCUT2D eigenvalue weighted by molar-refractivity contribution is 6.53. The van der Waals surface area contributed by atoms with E-state index >= 15 is 0 Å². The van der Waals surface area contributed by atoms with Crippen molar-refractivity contribution in [3.8, 4) is 0 Å². The Labute approximate surface area is 228 Å². The van der Waals surface area contributed by atoms with Gasteiger partial charge in [-0.25, -0.2) is 0 Å². The van der Waals surface area contributed by atoms with E-state index in [-0.39, 0.29) is 22.0 Å². The van der Waals surface area contributed by atoms with Gasteiger partial charge in [-0.15, -0.1) is 23.2 Å². The minimum Gasteiger partial charge on any atom is -0.326 e. The fourth-order valence-corrected chi connectivity index (χ4v) is 5.28. The maximum Gasteiger partial charge on any atom is 0.416 e. The Hall–Kier alpha value is -2.16. The van der Waals surface area contributed by atoms with E-state index < -0.39 is 39.7 Å². The normalized spacial score (nSPS) is 18.4. The van der Waals surface area contributed by atoms with Crippen LogP contribution in [0.4, 0.5) is 24.5 Å². The summed E-state index contributed by atoms with van der Waals surface area (Å²) in [4.78, 5) is 25.5. The van der Waals surface area contributed by atoms with Crippen molar-refractivity contribution in [1.82, 2.24) is 0 Å². The summed E-state index contributed by atoms with van der Waals surface area (Å²) in [6.07, 6.45) is -4.52. The van der Waals surface area contributed by atoms with E-state index in [4.69, 9.17) is 58.0 Å². The average molecular weight is 597 g/mol. The van der Waals surface area contributed by atoms with E-state index in [2.05, 4.69) is 10.6 Å². The smallest absolute Gasteiger partial charge is 0.326 e. The molecule has 0 spiro atoms. The van der Waals surface area contributed by atoms with E-state index in [1.807, 2.05) is 0 Å². The predicted molar refractivity (Wildman–Crippen MR) is 137 cm³/mol. The molecule has 0 aliphatic heterocycles. The molecule has 1 aliphatic rings. The van der Waals surface area contributed by atoms with Crippen LogP contribution in [0.1, 0.15) is 27.4 Å². The van der Waals surface area contributed by atoms with Gasteiger partial charge in [-0.05, 0) is 66.2 Å². The molecule has 36 heavy (non-hydrogen) atoms. The zero-order chi connectivity index (χ0) is 26.4. The van der Waals surface area contributed by atoms with Crippen molar-refractivity contribution in [2.75, 3.05) is 10.6 Å². The fraction of sp³-hybridized carbons (Fsp3) is 0.167. The first-order chi connectivity index (χ1) is 16.8. The summed E-state index contributed by atoms with van der Waals surface area (Å²) in [7, 11) is 0. The van der Waals surface area contributed by atoms with Gasteiger partial charge in [-0.3, -0.25) is 9.59 Å². The first-order valence-corrected chi connectivity index (χ1v) is 12.1. The van der Waals surface area contributed by atoms with Crippen molar-refractivity contribution >= 4 is 81.2 Å². The lowest BCUT2D eigenvalue weighted by atomic mass is 10.1. The molecule has 1 saturated carbocycles. The molecule has 2 N–H and O–H groups in total. The largest absolute Gasteiger partial charge is 0.416 e. The third-order valence-corrected chi connectivity index (χ3v) is 7.24. The summed E-state index contributed by atoms with van der Waals surface area (Å²) in [5, 5.41) is 6.10. The lowest BCUT2D eigenvalue weighted by Crippen LogP contribution is -2.18. The van der Waals surface area contributed by atoms with Crippen molar-refractivity contribution < 1.29 is 22.8 Å². The van der Waals surface area contributed by atoms with Gasteiger partial charge in [0.2, 0.25) is 5.91 Å². The molecule has 3 aromatic rings. The molecule has 2 amide bonds. The van der Waals surface area contributed by atoms with Gasteiger partial charge in [0, 0.05) is 27.2 Å². The van der Waals surface area contributed by atoms with Gasteiger partial charge in [0.15, 0.2) is 0 Å². The van der Waals surface area contributed by atoms with E-state index in [1.165, 1.54) is 18.2 Å². The molecule has 0 saturated heterocycles. The van der Waals surface area contributed by atoms with Crippen LogP contribution in [-0.2, 0) is 11.0 Å². The topological polar surface area (TPSA) is 58.2 Å². The predicted octanol–water partition coefficient (Wildman–Crippen LogP) is 8.44. The minimum absolute atomic E-state index is 0.0106. The highest BCUT2D eigenvalue weighted by Gasteiger charge is 2.67. The molecule has 0 bridgehead atoms. The first kappa shape index (κ1) is 26.9. The van der Waals surface area contributed by atoms with E-state index in [0.717, 1.165) is 24.3 Å². The summed E-state index contributed by atoms with van der Waals surface area (Å²) in [5.41, 5.74) is 0.138. The molecule has 4 nitrogen and oxygen atoms in total. The number of benzene rings is 3. The second-order valence-corrected chi connectivity index (χ2v) is 10.8. The van der Waals surface area contributed by atoms with Gasteiger partial charge in [0.1, 0.15) is 4.33 Å². The molecule has 0 radical (unpaired) electrons. The van der Waals surface area contributed by atoms with Crippen LogP contribution in [0.3, 0.4) is 0 Å². The number of amides is 2. The van der Waals surface area contributed by atoms with Crippen LogP contribution < -0.4 is 10.6 Å². The average Bonchev–Trinajstić information content (AvgIpc) is 3.37. The van der Waals surface area contributed by atoms with E-state index in [0.29, 0.717) is 15.6 Å². The number of hydrogen-bond acceptors (Lipinski definition) is 2. The highest BCUT2D eigenvalue weighted by Crippen LogP contribution is 2.65. The highest BCUT2D eigenvalue weighted by atomic mass is 35.5. The Morgan fingerprint density at radius 1 is 0.833 bits per heavy atom. The standard InChI is InChI=1S/C24H14Cl5F3N2O2/c25-14-7-12(8-15(26)9-14)19-20(23(19,28)29)22(36)33-16-5-6-17(27)18(10-16)34-21(35)11-1-3-13(4-2-11)24(30,31)32/h1-10,19-20H,(H,33,36)(H,34,35)/t19-,20+/m0/s1. The number of carbonyl (C=O) groups excluding carboxylic acids is 2. The van der Waals surface area contributed by atoms with Gasteiger partial charge in [0.05, 0.1) is 22.2 Å². The zero-order valence-electron chi connectivity index (χ0n) is 17.8. The van der Waals surface area contributed by atoms with Crippen LogP contribution in [0.25, 0.3) is 0 Å². The van der Waals surface area contributed by atoms with Gasteiger partial charge >= 0.3 is 6.18 Å². The number of nitrogens with one attached hydrogen (secondary N) is 2. The lowest BCUT2D eigenvalue weighted by Gasteiger charge is -2.12. The SMILES string of the molecule is O=C(Nc1cc(NC(=O)[C@H]2[C@H](c3cc(Cl)cc(Cl)c3)C2(Cl)Cl)ccc1Cl)c1ccc(C(F)(F)F)cc1. The minimum atomic E-state index is -4.52. The molecule has 1 fully saturated rings. The Balaban J connectivity index is 1.47. The lowest BCUT2D eigenvalue weighted by molar-refractivity contribution is -0.137. The summed E-state index contributed by atoms with van der Waals surface area (Å²) in [5.74, 6) is -2.53. The number of carbonyl (C=O) groups is 2. The number of halogens is 8. The summed E-state index contributed by atoms with van der Waals surface area (Å²) >= 11 is 31.0. The third kappa shape index (κ3) is 5.71. The molecule has 0 unspecified atom stereocenters. The van der Waals surface area contributed by atoms with Gasteiger partial charge < -0.3 is 10.6 Å². The molecule has 188 valence electrons. The van der Waals surface area contributed by atoms with Crippen LogP contribution in [0.2, 0.25) is 15.1 Å². The second kappa shape index (κ2) is 9.95. The van der Waals surface area contributed by atoms with Crippen molar-refractivity contribution in [1.29, 1.82) is 0 Å². The maximum absolute atomic E-state index is 12.9. The van der Waals surface area contributed by atoms with Gasteiger partial charge in [-0.1, -0.05) is 34.8 Å². The van der Waals surface area contributed by atoms with E-state index in [1.54, 1.807) is 18.2 Å². The Kier molecular flexibility index (Phi) is 7.43.